The molecule has 2 fully saturated rings. The molecular formula is C15H28O2. The Kier molecular flexibility index (Phi) is 6.83. The maximum atomic E-state index is 9.12. The number of rotatable bonds is 2. The molecule has 1 saturated heterocycles. The van der Waals surface area contributed by atoms with Crippen molar-refractivity contribution >= 4 is 0 Å². The summed E-state index contributed by atoms with van der Waals surface area (Å²) in [4.78, 5) is 0. The van der Waals surface area contributed by atoms with Crippen molar-refractivity contribution in [2.75, 3.05) is 6.61 Å². The largest absolute Gasteiger partial charge is 0.393 e. The third-order valence-corrected chi connectivity index (χ3v) is 3.87. The van der Waals surface area contributed by atoms with Crippen molar-refractivity contribution in [1.82, 2.24) is 0 Å². The van der Waals surface area contributed by atoms with E-state index in [1.807, 2.05) is 6.92 Å². The van der Waals surface area contributed by atoms with Crippen LogP contribution in [0.25, 0.3) is 0 Å². The molecule has 0 aromatic carbocycles. The first-order valence-corrected chi connectivity index (χ1v) is 7.08. The van der Waals surface area contributed by atoms with Crippen LogP contribution in [0.5, 0.6) is 0 Å². The van der Waals surface area contributed by atoms with E-state index in [0.717, 1.165) is 25.4 Å². The van der Waals surface area contributed by atoms with Gasteiger partial charge in [-0.1, -0.05) is 25.5 Å². The van der Waals surface area contributed by atoms with Gasteiger partial charge in [-0.15, -0.1) is 0 Å². The fourth-order valence-electron chi connectivity index (χ4n) is 2.52. The van der Waals surface area contributed by atoms with E-state index in [4.69, 9.17) is 9.84 Å². The first-order chi connectivity index (χ1) is 8.13. The lowest BCUT2D eigenvalue weighted by molar-refractivity contribution is 0.108. The lowest BCUT2D eigenvalue weighted by Gasteiger charge is -2.23. The van der Waals surface area contributed by atoms with Gasteiger partial charge in [0.25, 0.3) is 0 Å². The Hall–Kier alpha value is -0.340. The number of hydrogen-bond donors (Lipinski definition) is 1. The highest BCUT2D eigenvalue weighted by molar-refractivity contribution is 4.99. The van der Waals surface area contributed by atoms with Crippen molar-refractivity contribution < 1.29 is 9.84 Å². The Bertz CT molecular complexity index is 211. The Morgan fingerprint density at radius 2 is 1.88 bits per heavy atom. The standard InChI is InChI=1S/C8H16O.C7H12O/c1-2-7-3-5-8(9)6-4-7;1-6(2)7-4-3-5-8-7/h7-9H,2-6H2,1H3;7H,1,3-5H2,2H3. The van der Waals surface area contributed by atoms with Gasteiger partial charge in [0.2, 0.25) is 0 Å². The molecule has 1 saturated carbocycles. The van der Waals surface area contributed by atoms with Crippen LogP contribution in [0.2, 0.25) is 0 Å². The van der Waals surface area contributed by atoms with Gasteiger partial charge < -0.3 is 9.84 Å². The van der Waals surface area contributed by atoms with Crippen molar-refractivity contribution in [1.29, 1.82) is 0 Å². The lowest BCUT2D eigenvalue weighted by Crippen LogP contribution is -2.17. The predicted molar refractivity (Wildman–Crippen MR) is 72.0 cm³/mol. The van der Waals surface area contributed by atoms with Gasteiger partial charge in [0.1, 0.15) is 0 Å². The van der Waals surface area contributed by atoms with Crippen LogP contribution in [0.3, 0.4) is 0 Å². The van der Waals surface area contributed by atoms with Crippen molar-refractivity contribution in [2.24, 2.45) is 5.92 Å². The number of aliphatic hydroxyl groups excluding tert-OH is 1. The van der Waals surface area contributed by atoms with Crippen LogP contribution in [0, 0.1) is 5.92 Å². The molecule has 17 heavy (non-hydrogen) atoms. The summed E-state index contributed by atoms with van der Waals surface area (Å²) in [5, 5.41) is 9.12. The molecule has 100 valence electrons. The summed E-state index contributed by atoms with van der Waals surface area (Å²) in [5.41, 5.74) is 1.17. The van der Waals surface area contributed by atoms with E-state index in [9.17, 15) is 0 Å². The first kappa shape index (κ1) is 14.7. The molecule has 1 heterocycles. The van der Waals surface area contributed by atoms with Gasteiger partial charge in [-0.05, 0) is 51.4 Å². The van der Waals surface area contributed by atoms with Gasteiger partial charge in [0, 0.05) is 6.61 Å². The second-order valence-electron chi connectivity index (χ2n) is 5.43. The summed E-state index contributed by atoms with van der Waals surface area (Å²) in [5.74, 6) is 0.911. The predicted octanol–water partition coefficient (Wildman–Crippen LogP) is 3.69. The smallest absolute Gasteiger partial charge is 0.0780 e. The van der Waals surface area contributed by atoms with E-state index < -0.39 is 0 Å². The van der Waals surface area contributed by atoms with Gasteiger partial charge in [0.05, 0.1) is 12.2 Å². The zero-order valence-electron chi connectivity index (χ0n) is 11.5. The molecule has 1 N–H and O–H groups in total. The van der Waals surface area contributed by atoms with Gasteiger partial charge in [-0.25, -0.2) is 0 Å². The lowest BCUT2D eigenvalue weighted by atomic mass is 9.86. The molecule has 0 spiro atoms. The summed E-state index contributed by atoms with van der Waals surface area (Å²) in [6.07, 6.45) is 8.65. The fraction of sp³-hybridized carbons (Fsp3) is 0.867. The summed E-state index contributed by atoms with van der Waals surface area (Å²) in [6.45, 7) is 9.00. The quantitative estimate of drug-likeness (QED) is 0.746. The van der Waals surface area contributed by atoms with Crippen LogP contribution < -0.4 is 0 Å². The second kappa shape index (κ2) is 7.88. The van der Waals surface area contributed by atoms with Crippen molar-refractivity contribution in [3.8, 4) is 0 Å². The maximum Gasteiger partial charge on any atom is 0.0780 e. The molecule has 2 heteroatoms. The molecule has 1 aliphatic heterocycles. The molecule has 2 aliphatic rings. The highest BCUT2D eigenvalue weighted by Gasteiger charge is 2.17. The molecule has 0 amide bonds. The first-order valence-electron chi connectivity index (χ1n) is 7.08. The van der Waals surface area contributed by atoms with E-state index in [-0.39, 0.29) is 6.10 Å². The monoisotopic (exact) mass is 240 g/mol. The molecule has 0 radical (unpaired) electrons. The van der Waals surface area contributed by atoms with Crippen LogP contribution >= 0.6 is 0 Å². The Morgan fingerprint density at radius 3 is 2.24 bits per heavy atom. The van der Waals surface area contributed by atoms with Crippen LogP contribution in [-0.2, 0) is 4.74 Å². The molecule has 2 nitrogen and oxygen atoms in total. The summed E-state index contributed by atoms with van der Waals surface area (Å²) in [7, 11) is 0. The molecule has 1 atom stereocenters. The average molecular weight is 240 g/mol. The highest BCUT2D eigenvalue weighted by Crippen LogP contribution is 2.25. The zero-order valence-corrected chi connectivity index (χ0v) is 11.5. The fourth-order valence-corrected chi connectivity index (χ4v) is 2.52. The van der Waals surface area contributed by atoms with Crippen molar-refractivity contribution in [2.45, 2.75) is 71.0 Å². The van der Waals surface area contributed by atoms with Crippen LogP contribution in [0.4, 0.5) is 0 Å². The summed E-state index contributed by atoms with van der Waals surface area (Å²) >= 11 is 0. The Balaban J connectivity index is 0.000000171. The molecule has 2 rings (SSSR count). The number of aliphatic hydroxyl groups is 1. The van der Waals surface area contributed by atoms with Crippen molar-refractivity contribution in [3.63, 3.8) is 0 Å². The minimum Gasteiger partial charge on any atom is -0.393 e. The minimum absolute atomic E-state index is 0.0211. The zero-order chi connectivity index (χ0) is 12.7. The topological polar surface area (TPSA) is 29.5 Å². The molecule has 0 aromatic heterocycles. The van der Waals surface area contributed by atoms with Crippen LogP contribution in [-0.4, -0.2) is 23.9 Å². The minimum atomic E-state index is 0.0211. The normalized spacial score (nSPS) is 32.8. The maximum absolute atomic E-state index is 9.12. The molecule has 1 aliphatic carbocycles. The Morgan fingerprint density at radius 1 is 1.24 bits per heavy atom. The van der Waals surface area contributed by atoms with Crippen LogP contribution in [0.15, 0.2) is 12.2 Å². The van der Waals surface area contributed by atoms with E-state index in [2.05, 4.69) is 13.5 Å². The van der Waals surface area contributed by atoms with E-state index in [0.29, 0.717) is 6.10 Å². The van der Waals surface area contributed by atoms with Crippen molar-refractivity contribution in [3.05, 3.63) is 12.2 Å². The number of hydrogen-bond acceptors (Lipinski definition) is 2. The molecular weight excluding hydrogens is 212 g/mol. The average Bonchev–Trinajstić information content (AvgIpc) is 2.84. The van der Waals surface area contributed by atoms with E-state index >= 15 is 0 Å². The third-order valence-electron chi connectivity index (χ3n) is 3.87. The molecule has 0 bridgehead atoms. The van der Waals surface area contributed by atoms with Crippen LogP contribution in [0.1, 0.15) is 58.8 Å². The van der Waals surface area contributed by atoms with E-state index in [1.165, 1.54) is 37.7 Å². The Labute approximate surface area is 106 Å². The van der Waals surface area contributed by atoms with Gasteiger partial charge in [-0.3, -0.25) is 0 Å². The molecule has 0 aromatic rings. The van der Waals surface area contributed by atoms with Gasteiger partial charge >= 0.3 is 0 Å². The van der Waals surface area contributed by atoms with E-state index in [1.54, 1.807) is 0 Å². The molecule has 1 unspecified atom stereocenters. The number of ether oxygens (including phenoxy) is 1. The summed E-state index contributed by atoms with van der Waals surface area (Å²) < 4.78 is 5.31. The highest BCUT2D eigenvalue weighted by atomic mass is 16.5. The van der Waals surface area contributed by atoms with Gasteiger partial charge in [0.15, 0.2) is 0 Å². The van der Waals surface area contributed by atoms with Gasteiger partial charge in [-0.2, -0.15) is 0 Å². The summed E-state index contributed by atoms with van der Waals surface area (Å²) in [6, 6.07) is 0. The second-order valence-corrected chi connectivity index (χ2v) is 5.43. The SMILES string of the molecule is C=C(C)C1CCCO1.CCC1CCC(O)CC1. The third kappa shape index (κ3) is 5.69.